The molecule has 0 radical (unpaired) electrons. The fourth-order valence-corrected chi connectivity index (χ4v) is 2.61. The summed E-state index contributed by atoms with van der Waals surface area (Å²) in [5.74, 6) is -1.27. The van der Waals surface area contributed by atoms with Crippen molar-refractivity contribution >= 4 is 23.4 Å². The van der Waals surface area contributed by atoms with Crippen molar-refractivity contribution in [2.24, 2.45) is 0 Å². The van der Waals surface area contributed by atoms with Crippen LogP contribution in [0.4, 0.5) is 0 Å². The van der Waals surface area contributed by atoms with Crippen LogP contribution < -0.4 is 0 Å². The Morgan fingerprint density at radius 3 is 2.00 bits per heavy atom. The summed E-state index contributed by atoms with van der Waals surface area (Å²) in [6.07, 6.45) is 1.59. The highest BCUT2D eigenvalue weighted by atomic mass is 16.2. The van der Waals surface area contributed by atoms with Crippen LogP contribution in [0, 0.1) is 6.92 Å². The number of benzene rings is 1. The van der Waals surface area contributed by atoms with E-state index in [0.29, 0.717) is 16.7 Å². The van der Waals surface area contributed by atoms with Crippen LogP contribution in [-0.2, 0) is 9.59 Å². The lowest BCUT2D eigenvalue weighted by molar-refractivity contribution is -0.121. The number of carbonyl (C=O) groups is 4. The molecule has 5 heteroatoms. The second kappa shape index (κ2) is 11.3. The molecule has 26 heavy (non-hydrogen) atoms. The summed E-state index contributed by atoms with van der Waals surface area (Å²) in [7, 11) is 0. The lowest BCUT2D eigenvalue weighted by Crippen LogP contribution is -2.44. The first-order chi connectivity index (χ1) is 12.3. The summed E-state index contributed by atoms with van der Waals surface area (Å²) >= 11 is 0. The number of carbonyl (C=O) groups excluding carboxylic acids is 4. The Morgan fingerprint density at radius 2 is 1.58 bits per heavy atom. The normalized spacial score (nSPS) is 13.1. The molecule has 0 saturated heterocycles. The van der Waals surface area contributed by atoms with Gasteiger partial charge in [-0.15, -0.1) is 0 Å². The number of Topliss-reactive ketones (excluding diaryl/α,β-unsaturated/α-hetero) is 2. The molecule has 2 amide bonds. The molecule has 144 valence electrons. The molecule has 1 aliphatic rings. The predicted molar refractivity (Wildman–Crippen MR) is 103 cm³/mol. The van der Waals surface area contributed by atoms with Gasteiger partial charge in [-0.1, -0.05) is 46.2 Å². The molecule has 1 aromatic carbocycles. The van der Waals surface area contributed by atoms with Gasteiger partial charge in [0.25, 0.3) is 11.8 Å². The molecule has 1 aliphatic heterocycles. The quantitative estimate of drug-likeness (QED) is 0.731. The van der Waals surface area contributed by atoms with E-state index in [4.69, 9.17) is 0 Å². The third-order valence-electron chi connectivity index (χ3n) is 3.71. The van der Waals surface area contributed by atoms with Crippen LogP contribution in [0.1, 0.15) is 87.1 Å². The number of rotatable bonds is 5. The average Bonchev–Trinajstić information content (AvgIpc) is 2.83. The van der Waals surface area contributed by atoms with Crippen LogP contribution in [0.3, 0.4) is 0 Å². The summed E-state index contributed by atoms with van der Waals surface area (Å²) in [6.45, 7) is 12.8. The minimum atomic E-state index is -0.874. The number of hydrogen-bond acceptors (Lipinski definition) is 4. The van der Waals surface area contributed by atoms with Crippen molar-refractivity contribution in [3.63, 3.8) is 0 Å². The number of ketones is 2. The number of imide groups is 1. The maximum atomic E-state index is 12.5. The second-order valence-electron chi connectivity index (χ2n) is 6.05. The van der Waals surface area contributed by atoms with Gasteiger partial charge >= 0.3 is 0 Å². The van der Waals surface area contributed by atoms with E-state index in [1.807, 2.05) is 13.8 Å². The Kier molecular flexibility index (Phi) is 10.3. The van der Waals surface area contributed by atoms with E-state index in [1.165, 1.54) is 20.3 Å². The van der Waals surface area contributed by atoms with E-state index >= 15 is 0 Å². The van der Waals surface area contributed by atoms with Gasteiger partial charge in [-0.05, 0) is 38.8 Å². The van der Waals surface area contributed by atoms with Crippen LogP contribution in [-0.4, -0.2) is 34.3 Å². The molecule has 0 aliphatic carbocycles. The number of aryl methyl sites for hydroxylation is 1. The maximum absolute atomic E-state index is 12.5. The van der Waals surface area contributed by atoms with Crippen LogP contribution in [0.5, 0.6) is 0 Å². The third kappa shape index (κ3) is 5.61. The van der Waals surface area contributed by atoms with Gasteiger partial charge in [-0.3, -0.25) is 19.3 Å². The van der Waals surface area contributed by atoms with E-state index in [1.54, 1.807) is 25.1 Å². The minimum absolute atomic E-state index is 0.0750. The highest BCUT2D eigenvalue weighted by Crippen LogP contribution is 2.28. The van der Waals surface area contributed by atoms with Crippen molar-refractivity contribution in [1.29, 1.82) is 0 Å². The number of fused-ring (bicyclic) bond motifs is 1. The van der Waals surface area contributed by atoms with Gasteiger partial charge in [0.15, 0.2) is 5.78 Å². The van der Waals surface area contributed by atoms with Crippen molar-refractivity contribution < 1.29 is 19.2 Å². The number of amides is 2. The van der Waals surface area contributed by atoms with E-state index in [0.717, 1.165) is 4.90 Å². The summed E-state index contributed by atoms with van der Waals surface area (Å²) in [5, 5.41) is 0. The molecule has 0 N–H and O–H groups in total. The zero-order valence-electron chi connectivity index (χ0n) is 17.0. The third-order valence-corrected chi connectivity index (χ3v) is 3.71. The Bertz CT molecular complexity index is 664. The monoisotopic (exact) mass is 361 g/mol. The molecule has 1 atom stereocenters. The first kappa shape index (κ1) is 23.7. The fourth-order valence-electron chi connectivity index (χ4n) is 2.61. The largest absolute Gasteiger partial charge is 0.300 e. The Labute approximate surface area is 156 Å². The van der Waals surface area contributed by atoms with Crippen LogP contribution >= 0.6 is 0 Å². The van der Waals surface area contributed by atoms with Crippen molar-refractivity contribution in [3.05, 3.63) is 34.9 Å². The van der Waals surface area contributed by atoms with E-state index < -0.39 is 17.9 Å². The second-order valence-corrected chi connectivity index (χ2v) is 6.05. The summed E-state index contributed by atoms with van der Waals surface area (Å²) < 4.78 is 0. The highest BCUT2D eigenvalue weighted by molar-refractivity contribution is 6.23. The topological polar surface area (TPSA) is 71.5 Å². The Morgan fingerprint density at radius 1 is 1.04 bits per heavy atom. The van der Waals surface area contributed by atoms with Gasteiger partial charge < -0.3 is 4.79 Å². The zero-order chi connectivity index (χ0) is 20.4. The summed E-state index contributed by atoms with van der Waals surface area (Å²) in [4.78, 5) is 48.8. The van der Waals surface area contributed by atoms with E-state index in [9.17, 15) is 19.2 Å². The maximum Gasteiger partial charge on any atom is 0.262 e. The Balaban J connectivity index is 0.00000113. The highest BCUT2D eigenvalue weighted by Gasteiger charge is 2.42. The van der Waals surface area contributed by atoms with Gasteiger partial charge in [0.05, 0.1) is 17.2 Å². The number of hydrogen-bond donors (Lipinski definition) is 0. The SMILES string of the molecule is CC.CC(=O)CCC(C(C)=O)N1C(=O)c2cccc(C)c2C1=O.CCC. The van der Waals surface area contributed by atoms with Crippen LogP contribution in [0.15, 0.2) is 18.2 Å². The lowest BCUT2D eigenvalue weighted by Gasteiger charge is -2.23. The first-order valence-electron chi connectivity index (χ1n) is 9.23. The van der Waals surface area contributed by atoms with Gasteiger partial charge in [0.1, 0.15) is 5.78 Å². The first-order valence-corrected chi connectivity index (χ1v) is 9.23. The van der Waals surface area contributed by atoms with Crippen LogP contribution in [0.2, 0.25) is 0 Å². The molecule has 2 rings (SSSR count). The molecule has 1 aromatic rings. The molecule has 0 saturated carbocycles. The molecule has 0 spiro atoms. The van der Waals surface area contributed by atoms with E-state index in [2.05, 4.69) is 13.8 Å². The molecule has 0 bridgehead atoms. The molecule has 5 nitrogen and oxygen atoms in total. The fraction of sp³-hybridized carbons (Fsp3) is 0.524. The molecule has 0 aromatic heterocycles. The van der Waals surface area contributed by atoms with Crippen molar-refractivity contribution in [3.8, 4) is 0 Å². The molecular formula is C21H31NO4. The average molecular weight is 361 g/mol. The van der Waals surface area contributed by atoms with Gasteiger partial charge in [0.2, 0.25) is 0 Å². The minimum Gasteiger partial charge on any atom is -0.300 e. The van der Waals surface area contributed by atoms with E-state index in [-0.39, 0.29) is 24.4 Å². The summed E-state index contributed by atoms with van der Waals surface area (Å²) in [6, 6.07) is 4.18. The standard InChI is InChI=1S/C16H17NO4.C3H8.C2H6/c1-9-5-4-6-12-14(9)16(21)17(15(12)20)13(11(3)19)8-7-10(2)18;1-3-2;1-2/h4-6,13H,7-8H2,1-3H3;3H2,1-2H3;1-2H3. The van der Waals surface area contributed by atoms with Gasteiger partial charge in [-0.25, -0.2) is 0 Å². The predicted octanol–water partition coefficient (Wildman–Crippen LogP) is 4.36. The molecular weight excluding hydrogens is 330 g/mol. The van der Waals surface area contributed by atoms with Crippen molar-refractivity contribution in [2.45, 2.75) is 73.8 Å². The van der Waals surface area contributed by atoms with Gasteiger partial charge in [0, 0.05) is 6.42 Å². The Hall–Kier alpha value is -2.30. The van der Waals surface area contributed by atoms with Crippen molar-refractivity contribution in [2.75, 3.05) is 0 Å². The lowest BCUT2D eigenvalue weighted by atomic mass is 10.0. The molecule has 1 heterocycles. The van der Waals surface area contributed by atoms with Gasteiger partial charge in [-0.2, -0.15) is 0 Å². The molecule has 1 unspecified atom stereocenters. The van der Waals surface area contributed by atoms with Crippen molar-refractivity contribution in [1.82, 2.24) is 4.90 Å². The van der Waals surface area contributed by atoms with Crippen LogP contribution in [0.25, 0.3) is 0 Å². The summed E-state index contributed by atoms with van der Waals surface area (Å²) in [5.41, 5.74) is 1.40. The smallest absolute Gasteiger partial charge is 0.262 e. The zero-order valence-corrected chi connectivity index (χ0v) is 17.0. The molecule has 0 fully saturated rings. The number of nitrogens with zero attached hydrogens (tertiary/aromatic N) is 1.